The van der Waals surface area contributed by atoms with Gasteiger partial charge in [-0.1, -0.05) is 12.7 Å². The minimum Gasteiger partial charge on any atom is -0.480 e. The van der Waals surface area contributed by atoms with E-state index in [1.165, 1.54) is 6.08 Å². The fourth-order valence-electron chi connectivity index (χ4n) is 0.905. The molecule has 1 atom stereocenters. The average molecular weight is 245 g/mol. The highest BCUT2D eigenvalue weighted by molar-refractivity contribution is 5.85. The van der Waals surface area contributed by atoms with Crippen LogP contribution in [0.5, 0.6) is 0 Å². The molecule has 0 aromatic carbocycles. The standard InChI is InChI=1S/C10H15NO6/c1-3-5-17-10(15)11-7(9(13)14)6-8(12)16-4-2/h3,7H,1,4-6H2,2H3,(H,11,15)(H,13,14). The smallest absolute Gasteiger partial charge is 0.408 e. The first-order valence-electron chi connectivity index (χ1n) is 4.93. The summed E-state index contributed by atoms with van der Waals surface area (Å²) in [5, 5.41) is 10.8. The topological polar surface area (TPSA) is 102 Å². The molecule has 0 spiro atoms. The molecule has 2 N–H and O–H groups in total. The highest BCUT2D eigenvalue weighted by Crippen LogP contribution is 1.97. The van der Waals surface area contributed by atoms with Gasteiger partial charge in [0, 0.05) is 0 Å². The van der Waals surface area contributed by atoms with Gasteiger partial charge in [0.25, 0.3) is 0 Å². The van der Waals surface area contributed by atoms with Crippen molar-refractivity contribution in [1.29, 1.82) is 0 Å². The van der Waals surface area contributed by atoms with Gasteiger partial charge in [0.15, 0.2) is 0 Å². The minimum atomic E-state index is -1.37. The first kappa shape index (κ1) is 14.9. The van der Waals surface area contributed by atoms with Crippen LogP contribution in [0.2, 0.25) is 0 Å². The van der Waals surface area contributed by atoms with Gasteiger partial charge < -0.3 is 19.9 Å². The van der Waals surface area contributed by atoms with E-state index in [0.717, 1.165) is 0 Å². The van der Waals surface area contributed by atoms with Crippen LogP contribution in [-0.4, -0.2) is 42.4 Å². The van der Waals surface area contributed by atoms with E-state index >= 15 is 0 Å². The average Bonchev–Trinajstić information content (AvgIpc) is 2.25. The van der Waals surface area contributed by atoms with Crippen LogP contribution in [0.3, 0.4) is 0 Å². The van der Waals surface area contributed by atoms with Crippen molar-refractivity contribution in [3.05, 3.63) is 12.7 Å². The Bertz CT molecular complexity index is 301. The predicted molar refractivity (Wildman–Crippen MR) is 57.4 cm³/mol. The third kappa shape index (κ3) is 6.93. The molecule has 0 fully saturated rings. The Balaban J connectivity index is 4.24. The van der Waals surface area contributed by atoms with Gasteiger partial charge in [-0.2, -0.15) is 0 Å². The molecule has 0 bridgehead atoms. The molecule has 1 unspecified atom stereocenters. The fourth-order valence-corrected chi connectivity index (χ4v) is 0.905. The minimum absolute atomic E-state index is 0.0441. The maximum Gasteiger partial charge on any atom is 0.408 e. The largest absolute Gasteiger partial charge is 0.480 e. The second-order valence-corrected chi connectivity index (χ2v) is 2.93. The second-order valence-electron chi connectivity index (χ2n) is 2.93. The highest BCUT2D eigenvalue weighted by atomic mass is 16.5. The van der Waals surface area contributed by atoms with Gasteiger partial charge >= 0.3 is 18.0 Å². The molecule has 0 heterocycles. The third-order valence-corrected chi connectivity index (χ3v) is 1.60. The molecule has 0 aliphatic rings. The first-order valence-corrected chi connectivity index (χ1v) is 4.93. The van der Waals surface area contributed by atoms with E-state index in [4.69, 9.17) is 5.11 Å². The van der Waals surface area contributed by atoms with Gasteiger partial charge in [-0.3, -0.25) is 4.79 Å². The van der Waals surface area contributed by atoms with E-state index < -0.39 is 30.5 Å². The molecule has 0 aromatic rings. The third-order valence-electron chi connectivity index (χ3n) is 1.60. The molecule has 1 amide bonds. The summed E-state index contributed by atoms with van der Waals surface area (Å²) in [4.78, 5) is 32.9. The van der Waals surface area contributed by atoms with Crippen molar-refractivity contribution in [2.45, 2.75) is 19.4 Å². The van der Waals surface area contributed by atoms with Crippen LogP contribution < -0.4 is 5.32 Å². The molecule has 17 heavy (non-hydrogen) atoms. The molecule has 0 saturated heterocycles. The van der Waals surface area contributed by atoms with Crippen molar-refractivity contribution in [2.24, 2.45) is 0 Å². The number of alkyl carbamates (subject to hydrolysis) is 1. The summed E-state index contributed by atoms with van der Waals surface area (Å²) >= 11 is 0. The van der Waals surface area contributed by atoms with Gasteiger partial charge in [0.05, 0.1) is 13.0 Å². The zero-order chi connectivity index (χ0) is 13.3. The summed E-state index contributed by atoms with van der Waals surface area (Å²) in [5.41, 5.74) is 0. The van der Waals surface area contributed by atoms with Crippen molar-refractivity contribution in [2.75, 3.05) is 13.2 Å². The van der Waals surface area contributed by atoms with Crippen LogP contribution >= 0.6 is 0 Å². The number of carboxylic acids is 1. The fraction of sp³-hybridized carbons (Fsp3) is 0.500. The number of hydrogen-bond donors (Lipinski definition) is 2. The van der Waals surface area contributed by atoms with Gasteiger partial charge in [-0.05, 0) is 6.92 Å². The van der Waals surface area contributed by atoms with E-state index in [1.54, 1.807) is 6.92 Å². The quantitative estimate of drug-likeness (QED) is 0.494. The van der Waals surface area contributed by atoms with Crippen LogP contribution in [0.4, 0.5) is 4.79 Å². The van der Waals surface area contributed by atoms with E-state index in [-0.39, 0.29) is 13.2 Å². The second kappa shape index (κ2) is 8.14. The van der Waals surface area contributed by atoms with Gasteiger partial charge in [-0.25, -0.2) is 9.59 Å². The van der Waals surface area contributed by atoms with Crippen molar-refractivity contribution < 1.29 is 29.0 Å². The molecule has 7 heteroatoms. The van der Waals surface area contributed by atoms with Gasteiger partial charge in [0.2, 0.25) is 0 Å². The molecule has 7 nitrogen and oxygen atoms in total. The summed E-state index contributed by atoms with van der Waals surface area (Å²) in [6.45, 7) is 5.02. The van der Waals surface area contributed by atoms with Crippen molar-refractivity contribution >= 4 is 18.0 Å². The molecule has 96 valence electrons. The number of hydrogen-bond acceptors (Lipinski definition) is 5. The lowest BCUT2D eigenvalue weighted by atomic mass is 10.2. The van der Waals surface area contributed by atoms with E-state index in [0.29, 0.717) is 0 Å². The molecule has 0 aromatic heterocycles. The number of aliphatic carboxylic acids is 1. The van der Waals surface area contributed by atoms with Crippen LogP contribution in [0.1, 0.15) is 13.3 Å². The Labute approximate surface area is 98.4 Å². The van der Waals surface area contributed by atoms with Gasteiger partial charge in [-0.15, -0.1) is 0 Å². The monoisotopic (exact) mass is 245 g/mol. The number of carboxylic acid groups (broad SMARTS) is 1. The summed E-state index contributed by atoms with van der Waals surface area (Å²) in [5.74, 6) is -2.04. The Morgan fingerprint density at radius 1 is 1.41 bits per heavy atom. The van der Waals surface area contributed by atoms with Crippen molar-refractivity contribution in [3.63, 3.8) is 0 Å². The summed E-state index contributed by atoms with van der Waals surface area (Å²) in [6, 6.07) is -1.37. The van der Waals surface area contributed by atoms with E-state index in [9.17, 15) is 14.4 Å². The molecular formula is C10H15NO6. The van der Waals surface area contributed by atoms with Crippen LogP contribution in [0, 0.1) is 0 Å². The Hall–Kier alpha value is -2.05. The lowest BCUT2D eigenvalue weighted by Crippen LogP contribution is -2.42. The van der Waals surface area contributed by atoms with E-state index in [2.05, 4.69) is 16.1 Å². The number of carbonyl (C=O) groups is 3. The summed E-state index contributed by atoms with van der Waals surface area (Å²) in [6.07, 6.45) is -0.0471. The molecule has 0 saturated carbocycles. The zero-order valence-corrected chi connectivity index (χ0v) is 9.47. The molecule has 0 aliphatic carbocycles. The summed E-state index contributed by atoms with van der Waals surface area (Å²) < 4.78 is 9.10. The lowest BCUT2D eigenvalue weighted by Gasteiger charge is -2.13. The SMILES string of the molecule is C=CCOC(=O)NC(CC(=O)OCC)C(=O)O. The maximum absolute atomic E-state index is 11.1. The van der Waals surface area contributed by atoms with Crippen LogP contribution in [0.25, 0.3) is 0 Å². The number of ether oxygens (including phenoxy) is 2. The van der Waals surface area contributed by atoms with E-state index in [1.807, 2.05) is 5.32 Å². The lowest BCUT2D eigenvalue weighted by molar-refractivity contribution is -0.149. The summed E-state index contributed by atoms with van der Waals surface area (Å²) in [7, 11) is 0. The maximum atomic E-state index is 11.1. The first-order chi connectivity index (χ1) is 8.01. The highest BCUT2D eigenvalue weighted by Gasteiger charge is 2.24. The van der Waals surface area contributed by atoms with Crippen molar-refractivity contribution in [3.8, 4) is 0 Å². The Morgan fingerprint density at radius 3 is 2.53 bits per heavy atom. The Kier molecular flexibility index (Phi) is 7.16. The number of esters is 1. The van der Waals surface area contributed by atoms with Gasteiger partial charge in [0.1, 0.15) is 12.6 Å². The number of amides is 1. The Morgan fingerprint density at radius 2 is 2.06 bits per heavy atom. The molecule has 0 radical (unpaired) electrons. The number of carbonyl (C=O) groups excluding carboxylic acids is 2. The molecule has 0 rings (SSSR count). The number of nitrogens with one attached hydrogen (secondary N) is 1. The van der Waals surface area contributed by atoms with Crippen LogP contribution in [0.15, 0.2) is 12.7 Å². The predicted octanol–water partition coefficient (Wildman–Crippen LogP) is 0.305. The molecule has 0 aliphatic heterocycles. The van der Waals surface area contributed by atoms with Crippen molar-refractivity contribution in [1.82, 2.24) is 5.32 Å². The number of rotatable bonds is 7. The normalized spacial score (nSPS) is 11.1. The van der Waals surface area contributed by atoms with Crippen LogP contribution in [-0.2, 0) is 19.1 Å². The molecular weight excluding hydrogens is 230 g/mol. The zero-order valence-electron chi connectivity index (χ0n) is 9.47.